The van der Waals surface area contributed by atoms with E-state index in [9.17, 15) is 9.59 Å². The van der Waals surface area contributed by atoms with E-state index in [0.717, 1.165) is 12.8 Å². The maximum atomic E-state index is 12.1. The number of carbonyl (C=O) groups is 2. The van der Waals surface area contributed by atoms with Crippen LogP contribution in [-0.2, 0) is 9.59 Å². The van der Waals surface area contributed by atoms with E-state index in [1.807, 2.05) is 13.8 Å². The van der Waals surface area contributed by atoms with Crippen molar-refractivity contribution in [3.63, 3.8) is 0 Å². The van der Waals surface area contributed by atoms with Crippen molar-refractivity contribution in [2.45, 2.75) is 65.1 Å². The van der Waals surface area contributed by atoms with Gasteiger partial charge in [0.1, 0.15) is 6.04 Å². The normalized spacial score (nSPS) is 28.8. The molecule has 1 fully saturated rings. The molecule has 1 rings (SSSR count). The Balaban J connectivity index is 2.47. The number of carbonyl (C=O) groups excluding carboxylic acids is 2. The molecule has 0 aromatic rings. The zero-order chi connectivity index (χ0) is 14.6. The van der Waals surface area contributed by atoms with Crippen molar-refractivity contribution in [2.24, 2.45) is 17.6 Å². The van der Waals surface area contributed by atoms with Gasteiger partial charge in [0.15, 0.2) is 0 Å². The second-order valence-electron chi connectivity index (χ2n) is 6.16. The third-order valence-corrected chi connectivity index (χ3v) is 3.53. The molecule has 0 radical (unpaired) electrons. The van der Waals surface area contributed by atoms with Crippen molar-refractivity contribution < 1.29 is 9.59 Å². The van der Waals surface area contributed by atoms with E-state index in [1.54, 1.807) is 6.92 Å². The van der Waals surface area contributed by atoms with Crippen molar-refractivity contribution in [1.29, 1.82) is 0 Å². The first-order chi connectivity index (χ1) is 8.79. The van der Waals surface area contributed by atoms with Crippen LogP contribution in [0.3, 0.4) is 0 Å². The fourth-order valence-corrected chi connectivity index (χ4v) is 2.68. The van der Waals surface area contributed by atoms with Crippen LogP contribution >= 0.6 is 0 Å². The van der Waals surface area contributed by atoms with Crippen molar-refractivity contribution in [2.75, 3.05) is 0 Å². The summed E-state index contributed by atoms with van der Waals surface area (Å²) in [6.45, 7) is 7.62. The van der Waals surface area contributed by atoms with Gasteiger partial charge in [0, 0.05) is 18.0 Å². The Labute approximate surface area is 115 Å². The second-order valence-corrected chi connectivity index (χ2v) is 6.16. The molecule has 4 atom stereocenters. The zero-order valence-electron chi connectivity index (χ0n) is 12.4. The van der Waals surface area contributed by atoms with Crippen LogP contribution in [0.5, 0.6) is 0 Å². The van der Waals surface area contributed by atoms with Gasteiger partial charge >= 0.3 is 0 Å². The number of hydrogen-bond acceptors (Lipinski definition) is 3. The standard InChI is InChI=1S/C14H27N3O2/c1-8(2)16-13(18)10(4)17-14(19)11-5-9(3)6-12(15)7-11/h8-12H,5-7,15H2,1-4H3,(H,16,18)(H,17,19). The molecule has 0 saturated heterocycles. The van der Waals surface area contributed by atoms with E-state index in [-0.39, 0.29) is 29.8 Å². The molecule has 2 amide bonds. The van der Waals surface area contributed by atoms with Crippen LogP contribution in [-0.4, -0.2) is 29.9 Å². The van der Waals surface area contributed by atoms with Crippen LogP contribution in [0, 0.1) is 11.8 Å². The molecular weight excluding hydrogens is 242 g/mol. The Bertz CT molecular complexity index is 321. The highest BCUT2D eigenvalue weighted by molar-refractivity contribution is 5.88. The van der Waals surface area contributed by atoms with E-state index >= 15 is 0 Å². The van der Waals surface area contributed by atoms with Gasteiger partial charge in [0.25, 0.3) is 0 Å². The molecule has 1 aliphatic carbocycles. The lowest BCUT2D eigenvalue weighted by molar-refractivity contribution is -0.132. The molecule has 5 heteroatoms. The Kier molecular flexibility index (Phi) is 5.79. The van der Waals surface area contributed by atoms with Crippen LogP contribution < -0.4 is 16.4 Å². The summed E-state index contributed by atoms with van der Waals surface area (Å²) in [7, 11) is 0. The minimum atomic E-state index is -0.497. The highest BCUT2D eigenvalue weighted by Gasteiger charge is 2.30. The van der Waals surface area contributed by atoms with Gasteiger partial charge in [0.05, 0.1) is 0 Å². The molecule has 1 saturated carbocycles. The van der Waals surface area contributed by atoms with Crippen LogP contribution in [0.4, 0.5) is 0 Å². The lowest BCUT2D eigenvalue weighted by Gasteiger charge is -2.31. The number of rotatable bonds is 4. The molecule has 4 unspecified atom stereocenters. The number of hydrogen-bond donors (Lipinski definition) is 3. The maximum absolute atomic E-state index is 12.1. The minimum Gasteiger partial charge on any atom is -0.352 e. The van der Waals surface area contributed by atoms with Gasteiger partial charge in [-0.3, -0.25) is 9.59 Å². The van der Waals surface area contributed by atoms with E-state index < -0.39 is 6.04 Å². The predicted octanol–water partition coefficient (Wildman–Crippen LogP) is 0.779. The van der Waals surface area contributed by atoms with Gasteiger partial charge in [-0.25, -0.2) is 0 Å². The summed E-state index contributed by atoms with van der Waals surface area (Å²) in [6, 6.07) is -0.322. The monoisotopic (exact) mass is 269 g/mol. The maximum Gasteiger partial charge on any atom is 0.242 e. The molecule has 0 bridgehead atoms. The van der Waals surface area contributed by atoms with E-state index in [1.165, 1.54) is 0 Å². The van der Waals surface area contributed by atoms with Crippen molar-refractivity contribution >= 4 is 11.8 Å². The highest BCUT2D eigenvalue weighted by Crippen LogP contribution is 2.28. The summed E-state index contributed by atoms with van der Waals surface area (Å²) < 4.78 is 0. The van der Waals surface area contributed by atoms with Crippen molar-refractivity contribution in [1.82, 2.24) is 10.6 Å². The predicted molar refractivity (Wildman–Crippen MR) is 75.4 cm³/mol. The Morgan fingerprint density at radius 2 is 1.74 bits per heavy atom. The summed E-state index contributed by atoms with van der Waals surface area (Å²) in [4.78, 5) is 23.9. The minimum absolute atomic E-state index is 0.0478. The van der Waals surface area contributed by atoms with Crippen molar-refractivity contribution in [3.8, 4) is 0 Å². The molecule has 5 nitrogen and oxygen atoms in total. The zero-order valence-corrected chi connectivity index (χ0v) is 12.4. The number of nitrogens with one attached hydrogen (secondary N) is 2. The summed E-state index contributed by atoms with van der Waals surface area (Å²) in [5.41, 5.74) is 5.95. The smallest absolute Gasteiger partial charge is 0.242 e. The first kappa shape index (κ1) is 16.0. The molecule has 0 aromatic heterocycles. The third-order valence-electron chi connectivity index (χ3n) is 3.53. The lowest BCUT2D eigenvalue weighted by Crippen LogP contribution is -2.49. The molecule has 19 heavy (non-hydrogen) atoms. The topological polar surface area (TPSA) is 84.2 Å². The highest BCUT2D eigenvalue weighted by atomic mass is 16.2. The second kappa shape index (κ2) is 6.89. The van der Waals surface area contributed by atoms with Gasteiger partial charge in [-0.2, -0.15) is 0 Å². The fraction of sp³-hybridized carbons (Fsp3) is 0.857. The first-order valence-corrected chi connectivity index (χ1v) is 7.16. The molecule has 4 N–H and O–H groups in total. The number of amides is 2. The van der Waals surface area contributed by atoms with Crippen LogP contribution in [0.1, 0.15) is 47.0 Å². The molecule has 0 spiro atoms. The molecule has 110 valence electrons. The van der Waals surface area contributed by atoms with Gasteiger partial charge < -0.3 is 16.4 Å². The Hall–Kier alpha value is -1.10. The van der Waals surface area contributed by atoms with Gasteiger partial charge in [0.2, 0.25) is 11.8 Å². The number of nitrogens with two attached hydrogens (primary N) is 1. The summed E-state index contributed by atoms with van der Waals surface area (Å²) in [5.74, 6) is 0.220. The van der Waals surface area contributed by atoms with Crippen LogP contribution in [0.2, 0.25) is 0 Å². The van der Waals surface area contributed by atoms with Crippen LogP contribution in [0.15, 0.2) is 0 Å². The Morgan fingerprint density at radius 3 is 2.26 bits per heavy atom. The van der Waals surface area contributed by atoms with E-state index in [2.05, 4.69) is 17.6 Å². The molecule has 0 aromatic carbocycles. The average molecular weight is 269 g/mol. The van der Waals surface area contributed by atoms with Crippen LogP contribution in [0.25, 0.3) is 0 Å². The van der Waals surface area contributed by atoms with Crippen molar-refractivity contribution in [3.05, 3.63) is 0 Å². The molecular formula is C14H27N3O2. The van der Waals surface area contributed by atoms with Gasteiger partial charge in [-0.05, 0) is 46.0 Å². The average Bonchev–Trinajstić information content (AvgIpc) is 2.26. The van der Waals surface area contributed by atoms with E-state index in [4.69, 9.17) is 5.73 Å². The summed E-state index contributed by atoms with van der Waals surface area (Å²) in [6.07, 6.45) is 2.56. The fourth-order valence-electron chi connectivity index (χ4n) is 2.68. The van der Waals surface area contributed by atoms with E-state index in [0.29, 0.717) is 12.3 Å². The van der Waals surface area contributed by atoms with Gasteiger partial charge in [-0.1, -0.05) is 6.92 Å². The third kappa shape index (κ3) is 5.19. The first-order valence-electron chi connectivity index (χ1n) is 7.16. The summed E-state index contributed by atoms with van der Waals surface area (Å²) in [5, 5.41) is 5.58. The largest absolute Gasteiger partial charge is 0.352 e. The summed E-state index contributed by atoms with van der Waals surface area (Å²) >= 11 is 0. The lowest BCUT2D eigenvalue weighted by atomic mass is 9.79. The Morgan fingerprint density at radius 1 is 1.11 bits per heavy atom. The molecule has 1 aliphatic rings. The quantitative estimate of drug-likeness (QED) is 0.705. The van der Waals surface area contributed by atoms with Gasteiger partial charge in [-0.15, -0.1) is 0 Å². The SMILES string of the molecule is CC1CC(N)CC(C(=O)NC(C)C(=O)NC(C)C)C1. The molecule has 0 aliphatic heterocycles. The molecule has 0 heterocycles.